The van der Waals surface area contributed by atoms with E-state index >= 15 is 0 Å². The topological polar surface area (TPSA) is 112 Å². The number of allylic oxidation sites excluding steroid dienone is 2. The van der Waals surface area contributed by atoms with Gasteiger partial charge in [-0.2, -0.15) is 5.26 Å². The number of aryl methyl sites for hydroxylation is 1. The number of phenols is 2. The molecule has 0 bridgehead atoms. The second-order valence-corrected chi connectivity index (χ2v) is 6.45. The van der Waals surface area contributed by atoms with Gasteiger partial charge in [0.15, 0.2) is 11.5 Å². The summed E-state index contributed by atoms with van der Waals surface area (Å²) in [7, 11) is 2.86. The van der Waals surface area contributed by atoms with Gasteiger partial charge in [-0.15, -0.1) is 0 Å². The summed E-state index contributed by atoms with van der Waals surface area (Å²) in [6, 6.07) is 10.4. The number of benzene rings is 2. The van der Waals surface area contributed by atoms with Crippen molar-refractivity contribution in [3.8, 4) is 29.1 Å². The number of nitrogens with one attached hydrogen (secondary N) is 1. The van der Waals surface area contributed by atoms with Crippen molar-refractivity contribution >= 4 is 12.0 Å². The van der Waals surface area contributed by atoms with Gasteiger partial charge in [0.25, 0.3) is 5.91 Å². The number of carbonyl (C=O) groups is 1. The Kier molecular flexibility index (Phi) is 7.89. The van der Waals surface area contributed by atoms with Gasteiger partial charge < -0.3 is 25.0 Å². The molecular weight excluding hydrogens is 384 g/mol. The lowest BCUT2D eigenvalue weighted by Crippen LogP contribution is -2.26. The Balaban J connectivity index is 2.01. The summed E-state index contributed by atoms with van der Waals surface area (Å²) in [5.74, 6) is 0.154. The van der Waals surface area contributed by atoms with Crippen LogP contribution >= 0.6 is 0 Å². The van der Waals surface area contributed by atoms with E-state index in [1.54, 1.807) is 43.3 Å². The molecule has 3 N–H and O–H groups in total. The van der Waals surface area contributed by atoms with Gasteiger partial charge in [-0.25, -0.2) is 0 Å². The van der Waals surface area contributed by atoms with E-state index in [4.69, 9.17) is 9.47 Å². The molecular formula is C23H24N2O5. The Bertz CT molecular complexity index is 994. The standard InChI is InChI=1S/C23H24N2O5/c1-15-11-16(7-8-19(15)26)9-10-25-23(28)18(14-24)6-4-5-17-12-20(29-2)22(27)21(13-17)30-3/h4-8,11-13,26-27H,9-10H2,1-3H3,(H,25,28)/b5-4+,18-6+. The first-order valence-electron chi connectivity index (χ1n) is 9.19. The molecule has 156 valence electrons. The van der Waals surface area contributed by atoms with Crippen LogP contribution in [0.2, 0.25) is 0 Å². The zero-order valence-corrected chi connectivity index (χ0v) is 17.1. The van der Waals surface area contributed by atoms with Crippen LogP contribution in [0, 0.1) is 18.3 Å². The van der Waals surface area contributed by atoms with Gasteiger partial charge in [0.1, 0.15) is 17.4 Å². The van der Waals surface area contributed by atoms with Crippen molar-refractivity contribution in [1.29, 1.82) is 5.26 Å². The molecule has 0 atom stereocenters. The molecule has 2 rings (SSSR count). The molecule has 0 radical (unpaired) electrons. The van der Waals surface area contributed by atoms with Crippen LogP contribution in [0.25, 0.3) is 6.08 Å². The van der Waals surface area contributed by atoms with Crippen molar-refractivity contribution < 1.29 is 24.5 Å². The van der Waals surface area contributed by atoms with Gasteiger partial charge in [0.05, 0.1) is 14.2 Å². The zero-order chi connectivity index (χ0) is 22.1. The Labute approximate surface area is 175 Å². The molecule has 1 amide bonds. The molecule has 0 unspecified atom stereocenters. The number of carbonyl (C=O) groups excluding carboxylic acids is 1. The minimum Gasteiger partial charge on any atom is -0.508 e. The fourth-order valence-corrected chi connectivity index (χ4v) is 2.72. The predicted octanol–water partition coefficient (Wildman–Crippen LogP) is 3.25. The van der Waals surface area contributed by atoms with Crippen LogP contribution in [0.15, 0.2) is 48.1 Å². The molecule has 0 heterocycles. The van der Waals surface area contributed by atoms with Crippen molar-refractivity contribution in [1.82, 2.24) is 5.32 Å². The van der Waals surface area contributed by atoms with Crippen LogP contribution in [0.3, 0.4) is 0 Å². The largest absolute Gasteiger partial charge is 0.508 e. The number of methoxy groups -OCH3 is 2. The summed E-state index contributed by atoms with van der Waals surface area (Å²) in [6.45, 7) is 2.16. The van der Waals surface area contributed by atoms with Crippen LogP contribution in [-0.2, 0) is 11.2 Å². The van der Waals surface area contributed by atoms with E-state index in [0.29, 0.717) is 18.5 Å². The average Bonchev–Trinajstić information content (AvgIpc) is 2.74. The number of aromatic hydroxyl groups is 2. The molecule has 0 aliphatic heterocycles. The third kappa shape index (κ3) is 5.79. The van der Waals surface area contributed by atoms with E-state index in [1.807, 2.05) is 12.1 Å². The first-order chi connectivity index (χ1) is 14.4. The molecule has 0 aliphatic rings. The number of rotatable bonds is 8. The average molecular weight is 408 g/mol. The maximum absolute atomic E-state index is 12.2. The van der Waals surface area contributed by atoms with E-state index in [1.165, 1.54) is 20.3 Å². The highest BCUT2D eigenvalue weighted by molar-refractivity contribution is 5.97. The molecule has 0 spiro atoms. The summed E-state index contributed by atoms with van der Waals surface area (Å²) >= 11 is 0. The summed E-state index contributed by atoms with van der Waals surface area (Å²) in [6.07, 6.45) is 5.21. The molecule has 0 fully saturated rings. The van der Waals surface area contributed by atoms with Gasteiger partial charge in [-0.3, -0.25) is 4.79 Å². The Morgan fingerprint density at radius 3 is 2.40 bits per heavy atom. The lowest BCUT2D eigenvalue weighted by molar-refractivity contribution is -0.117. The monoisotopic (exact) mass is 408 g/mol. The van der Waals surface area contributed by atoms with Gasteiger partial charge in [-0.05, 0) is 54.3 Å². The Morgan fingerprint density at radius 1 is 1.17 bits per heavy atom. The first-order valence-corrected chi connectivity index (χ1v) is 9.19. The quantitative estimate of drug-likeness (QED) is 0.351. The minimum absolute atomic E-state index is 0.0363. The van der Waals surface area contributed by atoms with Gasteiger partial charge in [-0.1, -0.05) is 24.3 Å². The molecule has 30 heavy (non-hydrogen) atoms. The van der Waals surface area contributed by atoms with E-state index in [0.717, 1.165) is 11.1 Å². The van der Waals surface area contributed by atoms with Gasteiger partial charge >= 0.3 is 0 Å². The molecule has 7 heteroatoms. The van der Waals surface area contributed by atoms with Crippen LogP contribution < -0.4 is 14.8 Å². The molecule has 2 aromatic carbocycles. The number of nitrogens with zero attached hydrogens (tertiary/aromatic N) is 1. The van der Waals surface area contributed by atoms with Crippen molar-refractivity contribution in [2.24, 2.45) is 0 Å². The summed E-state index contributed by atoms with van der Waals surface area (Å²) in [5, 5.41) is 31.5. The predicted molar refractivity (Wildman–Crippen MR) is 113 cm³/mol. The number of nitriles is 1. The van der Waals surface area contributed by atoms with Crippen molar-refractivity contribution in [3.63, 3.8) is 0 Å². The maximum Gasteiger partial charge on any atom is 0.261 e. The van der Waals surface area contributed by atoms with Gasteiger partial charge in [0, 0.05) is 6.54 Å². The highest BCUT2D eigenvalue weighted by atomic mass is 16.5. The fraction of sp³-hybridized carbons (Fsp3) is 0.217. The minimum atomic E-state index is -0.474. The summed E-state index contributed by atoms with van der Waals surface area (Å²) in [4.78, 5) is 12.2. The van der Waals surface area contributed by atoms with Crippen LogP contribution in [-0.4, -0.2) is 36.9 Å². The number of hydrogen-bond acceptors (Lipinski definition) is 6. The van der Waals surface area contributed by atoms with E-state index < -0.39 is 5.91 Å². The van der Waals surface area contributed by atoms with E-state index in [2.05, 4.69) is 5.32 Å². The zero-order valence-electron chi connectivity index (χ0n) is 17.1. The van der Waals surface area contributed by atoms with E-state index in [-0.39, 0.29) is 28.6 Å². The molecule has 0 aromatic heterocycles. The summed E-state index contributed by atoms with van der Waals surface area (Å²) < 4.78 is 10.2. The SMILES string of the molecule is COc1cc(/C=C/C=C(\C#N)C(=O)NCCc2ccc(O)c(C)c2)cc(OC)c1O. The highest BCUT2D eigenvalue weighted by Gasteiger charge is 2.10. The molecule has 0 saturated heterocycles. The molecule has 2 aromatic rings. The second-order valence-electron chi connectivity index (χ2n) is 6.45. The van der Waals surface area contributed by atoms with Gasteiger partial charge in [0.2, 0.25) is 5.75 Å². The number of amides is 1. The Hall–Kier alpha value is -3.92. The number of phenolic OH excluding ortho intramolecular Hbond substituents is 2. The van der Waals surface area contributed by atoms with Crippen molar-refractivity contribution in [2.75, 3.05) is 20.8 Å². The lowest BCUT2D eigenvalue weighted by Gasteiger charge is -2.09. The normalized spacial score (nSPS) is 11.2. The maximum atomic E-state index is 12.2. The van der Waals surface area contributed by atoms with Crippen molar-refractivity contribution in [3.05, 3.63) is 64.7 Å². The second kappa shape index (κ2) is 10.6. The molecule has 0 aliphatic carbocycles. The third-order valence-corrected chi connectivity index (χ3v) is 4.38. The van der Waals surface area contributed by atoms with Crippen LogP contribution in [0.1, 0.15) is 16.7 Å². The number of hydrogen-bond donors (Lipinski definition) is 3. The Morgan fingerprint density at radius 2 is 1.83 bits per heavy atom. The molecule has 7 nitrogen and oxygen atoms in total. The number of ether oxygens (including phenoxy) is 2. The van der Waals surface area contributed by atoms with Crippen LogP contribution in [0.5, 0.6) is 23.0 Å². The van der Waals surface area contributed by atoms with Crippen LogP contribution in [0.4, 0.5) is 0 Å². The molecule has 0 saturated carbocycles. The first kappa shape index (κ1) is 22.4. The van der Waals surface area contributed by atoms with E-state index in [9.17, 15) is 20.3 Å². The third-order valence-electron chi connectivity index (χ3n) is 4.38. The smallest absolute Gasteiger partial charge is 0.261 e. The highest BCUT2D eigenvalue weighted by Crippen LogP contribution is 2.37. The van der Waals surface area contributed by atoms with Crippen molar-refractivity contribution in [2.45, 2.75) is 13.3 Å². The lowest BCUT2D eigenvalue weighted by atomic mass is 10.1. The summed E-state index contributed by atoms with van der Waals surface area (Å²) in [5.41, 5.74) is 2.37. The fourth-order valence-electron chi connectivity index (χ4n) is 2.72.